The maximum atomic E-state index is 12.9. The molecule has 5 heteroatoms. The molecule has 2 heterocycles. The van der Waals surface area contributed by atoms with Gasteiger partial charge in [0.15, 0.2) is 4.96 Å². The summed E-state index contributed by atoms with van der Waals surface area (Å²) in [5, 5.41) is 0. The van der Waals surface area contributed by atoms with Crippen molar-refractivity contribution in [2.75, 3.05) is 0 Å². The van der Waals surface area contributed by atoms with Crippen LogP contribution in [0, 0.1) is 5.82 Å². The first kappa shape index (κ1) is 12.2. The molecule has 2 aromatic heterocycles. The number of nitrogens with zero attached hydrogens (tertiary/aromatic N) is 2. The molecule has 0 saturated carbocycles. The minimum Gasteiger partial charge on any atom is -0.289 e. The SMILES string of the molecule is O=C(c1ccc(F)cc1)c1cn2c(nc3ccccc32)s1. The van der Waals surface area contributed by atoms with E-state index in [2.05, 4.69) is 4.98 Å². The zero-order valence-electron chi connectivity index (χ0n) is 10.8. The van der Waals surface area contributed by atoms with Crippen LogP contribution in [0.25, 0.3) is 16.0 Å². The summed E-state index contributed by atoms with van der Waals surface area (Å²) in [4.78, 5) is 18.3. The maximum Gasteiger partial charge on any atom is 0.204 e. The Hall–Kier alpha value is -2.53. The third kappa shape index (κ3) is 1.94. The van der Waals surface area contributed by atoms with Crippen molar-refractivity contribution < 1.29 is 9.18 Å². The summed E-state index contributed by atoms with van der Waals surface area (Å²) < 4.78 is 14.8. The molecular formula is C16H9FN2OS. The van der Waals surface area contributed by atoms with Gasteiger partial charge in [-0.3, -0.25) is 9.20 Å². The van der Waals surface area contributed by atoms with Gasteiger partial charge in [0, 0.05) is 11.8 Å². The zero-order chi connectivity index (χ0) is 14.4. The first-order chi connectivity index (χ1) is 10.2. The van der Waals surface area contributed by atoms with Crippen LogP contribution >= 0.6 is 11.3 Å². The van der Waals surface area contributed by atoms with Crippen LogP contribution in [-0.2, 0) is 0 Å². The van der Waals surface area contributed by atoms with E-state index in [9.17, 15) is 9.18 Å². The average Bonchev–Trinajstić information content (AvgIpc) is 3.05. The quantitative estimate of drug-likeness (QED) is 0.525. The highest BCUT2D eigenvalue weighted by Crippen LogP contribution is 2.25. The molecule has 3 nitrogen and oxygen atoms in total. The lowest BCUT2D eigenvalue weighted by Gasteiger charge is -1.97. The van der Waals surface area contributed by atoms with E-state index in [1.807, 2.05) is 28.7 Å². The smallest absolute Gasteiger partial charge is 0.204 e. The van der Waals surface area contributed by atoms with Crippen molar-refractivity contribution in [3.8, 4) is 0 Å². The number of carbonyl (C=O) groups excluding carboxylic acids is 1. The summed E-state index contributed by atoms with van der Waals surface area (Å²) >= 11 is 1.34. The number of imidazole rings is 1. The first-order valence-electron chi connectivity index (χ1n) is 6.39. The summed E-state index contributed by atoms with van der Waals surface area (Å²) in [6, 6.07) is 13.4. The molecule has 0 bridgehead atoms. The Morgan fingerprint density at radius 1 is 1.10 bits per heavy atom. The summed E-state index contributed by atoms with van der Waals surface area (Å²) in [5.41, 5.74) is 2.36. The Balaban J connectivity index is 1.83. The molecule has 0 amide bonds. The molecule has 0 unspecified atom stereocenters. The van der Waals surface area contributed by atoms with Crippen LogP contribution in [-0.4, -0.2) is 15.2 Å². The van der Waals surface area contributed by atoms with Gasteiger partial charge in [0.2, 0.25) is 5.78 Å². The summed E-state index contributed by atoms with van der Waals surface area (Å²) in [7, 11) is 0. The van der Waals surface area contributed by atoms with E-state index in [0.717, 1.165) is 16.0 Å². The number of hydrogen-bond acceptors (Lipinski definition) is 3. The highest BCUT2D eigenvalue weighted by Gasteiger charge is 2.15. The van der Waals surface area contributed by atoms with Crippen molar-refractivity contribution in [1.82, 2.24) is 9.38 Å². The number of carbonyl (C=O) groups is 1. The van der Waals surface area contributed by atoms with Crippen LogP contribution < -0.4 is 0 Å². The Labute approximate surface area is 123 Å². The predicted molar refractivity (Wildman–Crippen MR) is 80.4 cm³/mol. The lowest BCUT2D eigenvalue weighted by molar-refractivity contribution is 0.104. The van der Waals surface area contributed by atoms with E-state index >= 15 is 0 Å². The third-order valence-electron chi connectivity index (χ3n) is 3.34. The fourth-order valence-corrected chi connectivity index (χ4v) is 3.27. The van der Waals surface area contributed by atoms with Gasteiger partial charge in [-0.15, -0.1) is 0 Å². The molecule has 0 aliphatic heterocycles. The predicted octanol–water partition coefficient (Wildman–Crippen LogP) is 3.92. The second kappa shape index (κ2) is 4.49. The van der Waals surface area contributed by atoms with Gasteiger partial charge < -0.3 is 0 Å². The number of hydrogen-bond donors (Lipinski definition) is 0. The number of thiazole rings is 1. The number of para-hydroxylation sites is 2. The van der Waals surface area contributed by atoms with Crippen LogP contribution in [0.1, 0.15) is 15.2 Å². The number of aromatic nitrogens is 2. The second-order valence-corrected chi connectivity index (χ2v) is 5.69. The van der Waals surface area contributed by atoms with Gasteiger partial charge in [0.05, 0.1) is 15.9 Å². The summed E-state index contributed by atoms with van der Waals surface area (Å²) in [6.07, 6.45) is 1.79. The molecule has 0 atom stereocenters. The van der Waals surface area contributed by atoms with Crippen LogP contribution in [0.5, 0.6) is 0 Å². The molecular weight excluding hydrogens is 287 g/mol. The monoisotopic (exact) mass is 296 g/mol. The van der Waals surface area contributed by atoms with Crippen LogP contribution in [0.3, 0.4) is 0 Å². The minimum atomic E-state index is -0.349. The highest BCUT2D eigenvalue weighted by atomic mass is 32.1. The second-order valence-electron chi connectivity index (χ2n) is 4.68. The fraction of sp³-hybridized carbons (Fsp3) is 0. The Morgan fingerprint density at radius 2 is 1.86 bits per heavy atom. The molecule has 0 aliphatic rings. The highest BCUT2D eigenvalue weighted by molar-refractivity contribution is 7.19. The first-order valence-corrected chi connectivity index (χ1v) is 7.21. The van der Waals surface area contributed by atoms with Crippen molar-refractivity contribution in [2.45, 2.75) is 0 Å². The normalized spacial score (nSPS) is 11.3. The molecule has 0 saturated heterocycles. The van der Waals surface area contributed by atoms with Crippen LogP contribution in [0.15, 0.2) is 54.7 Å². The van der Waals surface area contributed by atoms with Crippen LogP contribution in [0.4, 0.5) is 4.39 Å². The topological polar surface area (TPSA) is 34.4 Å². The molecule has 0 N–H and O–H groups in total. The van der Waals surface area contributed by atoms with Crippen molar-refractivity contribution in [1.29, 1.82) is 0 Å². The Kier molecular flexibility index (Phi) is 2.62. The molecule has 0 aliphatic carbocycles. The van der Waals surface area contributed by atoms with Gasteiger partial charge >= 0.3 is 0 Å². The molecule has 102 valence electrons. The van der Waals surface area contributed by atoms with E-state index in [1.165, 1.54) is 35.6 Å². The lowest BCUT2D eigenvalue weighted by Crippen LogP contribution is -1.98. The van der Waals surface area contributed by atoms with Gasteiger partial charge in [-0.1, -0.05) is 23.5 Å². The van der Waals surface area contributed by atoms with Gasteiger partial charge in [-0.05, 0) is 36.4 Å². The average molecular weight is 296 g/mol. The summed E-state index contributed by atoms with van der Waals surface area (Å²) in [6.45, 7) is 0. The Morgan fingerprint density at radius 3 is 2.67 bits per heavy atom. The van der Waals surface area contributed by atoms with E-state index in [4.69, 9.17) is 0 Å². The lowest BCUT2D eigenvalue weighted by atomic mass is 10.1. The van der Waals surface area contributed by atoms with E-state index in [-0.39, 0.29) is 11.6 Å². The number of halogens is 1. The number of fused-ring (bicyclic) bond motifs is 3. The minimum absolute atomic E-state index is 0.116. The van der Waals surface area contributed by atoms with E-state index < -0.39 is 0 Å². The standard InChI is InChI=1S/C16H9FN2OS/c17-11-7-5-10(6-8-11)15(20)14-9-19-13-4-2-1-3-12(13)18-16(19)21-14/h1-9H. The van der Waals surface area contributed by atoms with Crippen molar-refractivity contribution in [2.24, 2.45) is 0 Å². The van der Waals surface area contributed by atoms with E-state index in [1.54, 1.807) is 6.20 Å². The van der Waals surface area contributed by atoms with Gasteiger partial charge in [0.1, 0.15) is 5.82 Å². The molecule has 4 rings (SSSR count). The molecule has 0 radical (unpaired) electrons. The maximum absolute atomic E-state index is 12.9. The molecule has 0 fully saturated rings. The third-order valence-corrected chi connectivity index (χ3v) is 4.32. The summed E-state index contributed by atoms with van der Waals surface area (Å²) in [5.74, 6) is -0.465. The van der Waals surface area contributed by atoms with Gasteiger partial charge in [-0.2, -0.15) is 0 Å². The molecule has 21 heavy (non-hydrogen) atoms. The van der Waals surface area contributed by atoms with Gasteiger partial charge in [-0.25, -0.2) is 9.37 Å². The van der Waals surface area contributed by atoms with Crippen molar-refractivity contribution in [3.63, 3.8) is 0 Å². The molecule has 2 aromatic carbocycles. The molecule has 0 spiro atoms. The number of benzene rings is 2. The fourth-order valence-electron chi connectivity index (χ4n) is 2.31. The largest absolute Gasteiger partial charge is 0.289 e. The van der Waals surface area contributed by atoms with Crippen molar-refractivity contribution >= 4 is 33.1 Å². The number of rotatable bonds is 2. The van der Waals surface area contributed by atoms with Crippen LogP contribution in [0.2, 0.25) is 0 Å². The van der Waals surface area contributed by atoms with Gasteiger partial charge in [0.25, 0.3) is 0 Å². The molecule has 4 aromatic rings. The Bertz CT molecular complexity index is 969. The zero-order valence-corrected chi connectivity index (χ0v) is 11.6. The van der Waals surface area contributed by atoms with Crippen molar-refractivity contribution in [3.05, 3.63) is 71.0 Å². The number of ketones is 1. The van der Waals surface area contributed by atoms with E-state index in [0.29, 0.717) is 10.4 Å².